The van der Waals surface area contributed by atoms with Gasteiger partial charge in [-0.3, -0.25) is 4.79 Å². The first kappa shape index (κ1) is 18.2. The van der Waals surface area contributed by atoms with Crippen LogP contribution >= 0.6 is 0 Å². The number of carbonyl (C=O) groups excluding carboxylic acids is 1. The molecular formula is C20H25N3O3S. The molecule has 1 saturated carbocycles. The van der Waals surface area contributed by atoms with Gasteiger partial charge in [0.15, 0.2) is 9.84 Å². The van der Waals surface area contributed by atoms with E-state index in [1.165, 1.54) is 12.0 Å². The zero-order chi connectivity index (χ0) is 19.2. The maximum atomic E-state index is 12.8. The van der Waals surface area contributed by atoms with Crippen molar-refractivity contribution in [3.8, 4) is 5.69 Å². The molecule has 0 radical (unpaired) electrons. The van der Waals surface area contributed by atoms with Gasteiger partial charge in [0.2, 0.25) is 5.91 Å². The van der Waals surface area contributed by atoms with E-state index >= 15 is 0 Å². The van der Waals surface area contributed by atoms with Gasteiger partial charge in [0, 0.05) is 11.5 Å². The van der Waals surface area contributed by atoms with Crippen molar-refractivity contribution in [2.24, 2.45) is 5.92 Å². The molecule has 2 aromatic rings. The summed E-state index contributed by atoms with van der Waals surface area (Å²) in [5.74, 6) is 0.368. The van der Waals surface area contributed by atoms with Crippen molar-refractivity contribution in [1.82, 2.24) is 9.78 Å². The highest BCUT2D eigenvalue weighted by Crippen LogP contribution is 2.34. The SMILES string of the molecule is Cc1ccc(-n2nc3c(c2NC(=O)C2CCCCC2)CS(=O)(=O)C3)cc1C. The predicted octanol–water partition coefficient (Wildman–Crippen LogP) is 3.44. The van der Waals surface area contributed by atoms with Crippen molar-refractivity contribution in [3.63, 3.8) is 0 Å². The van der Waals surface area contributed by atoms with Crippen molar-refractivity contribution in [1.29, 1.82) is 0 Å². The number of aromatic nitrogens is 2. The van der Waals surface area contributed by atoms with Gasteiger partial charge in [-0.2, -0.15) is 5.10 Å². The lowest BCUT2D eigenvalue weighted by molar-refractivity contribution is -0.120. The first-order chi connectivity index (χ1) is 12.8. The third kappa shape index (κ3) is 3.52. The maximum absolute atomic E-state index is 12.8. The first-order valence-electron chi connectivity index (χ1n) is 9.54. The van der Waals surface area contributed by atoms with Crippen molar-refractivity contribution >= 4 is 21.6 Å². The maximum Gasteiger partial charge on any atom is 0.228 e. The molecule has 2 heterocycles. The van der Waals surface area contributed by atoms with Crippen LogP contribution in [-0.2, 0) is 26.1 Å². The molecule has 0 atom stereocenters. The summed E-state index contributed by atoms with van der Waals surface area (Å²) in [6, 6.07) is 5.98. The Morgan fingerprint density at radius 3 is 2.56 bits per heavy atom. The van der Waals surface area contributed by atoms with Gasteiger partial charge in [0.05, 0.1) is 22.9 Å². The van der Waals surface area contributed by atoms with E-state index in [9.17, 15) is 13.2 Å². The van der Waals surface area contributed by atoms with Crippen molar-refractivity contribution in [3.05, 3.63) is 40.6 Å². The minimum atomic E-state index is -3.19. The molecule has 0 bridgehead atoms. The van der Waals surface area contributed by atoms with E-state index in [1.807, 2.05) is 32.0 Å². The van der Waals surface area contributed by atoms with Crippen LogP contribution < -0.4 is 5.32 Å². The molecule has 4 rings (SSSR count). The Morgan fingerprint density at radius 2 is 1.85 bits per heavy atom. The highest BCUT2D eigenvalue weighted by Gasteiger charge is 2.34. The monoisotopic (exact) mass is 387 g/mol. The van der Waals surface area contributed by atoms with E-state index in [0.29, 0.717) is 17.1 Å². The number of nitrogens with one attached hydrogen (secondary N) is 1. The highest BCUT2D eigenvalue weighted by molar-refractivity contribution is 7.90. The Balaban J connectivity index is 1.73. The Hall–Kier alpha value is -2.15. The molecule has 0 unspecified atom stereocenters. The molecular weight excluding hydrogens is 362 g/mol. The van der Waals surface area contributed by atoms with Gasteiger partial charge in [-0.05, 0) is 49.9 Å². The number of nitrogens with zero attached hydrogens (tertiary/aromatic N) is 2. The van der Waals surface area contributed by atoms with E-state index < -0.39 is 9.84 Å². The van der Waals surface area contributed by atoms with E-state index in [-0.39, 0.29) is 23.3 Å². The molecule has 1 aromatic heterocycles. The number of rotatable bonds is 3. The van der Waals surface area contributed by atoms with Crippen LogP contribution in [0.5, 0.6) is 0 Å². The average Bonchev–Trinajstić information content (AvgIpc) is 3.11. The van der Waals surface area contributed by atoms with Crippen molar-refractivity contribution in [2.75, 3.05) is 5.32 Å². The third-order valence-corrected chi connectivity index (χ3v) is 7.18. The van der Waals surface area contributed by atoms with Crippen molar-refractivity contribution in [2.45, 2.75) is 57.5 Å². The van der Waals surface area contributed by atoms with E-state index in [4.69, 9.17) is 0 Å². The van der Waals surface area contributed by atoms with Crippen molar-refractivity contribution < 1.29 is 13.2 Å². The van der Waals surface area contributed by atoms with Gasteiger partial charge < -0.3 is 5.32 Å². The van der Waals surface area contributed by atoms with Crippen LogP contribution in [0.3, 0.4) is 0 Å². The second kappa shape index (κ2) is 6.78. The fourth-order valence-corrected chi connectivity index (χ4v) is 5.49. The smallest absolute Gasteiger partial charge is 0.228 e. The molecule has 1 aliphatic heterocycles. The second-order valence-corrected chi connectivity index (χ2v) is 9.88. The number of amides is 1. The summed E-state index contributed by atoms with van der Waals surface area (Å²) in [6.07, 6.45) is 5.11. The third-order valence-electron chi connectivity index (χ3n) is 5.74. The van der Waals surface area contributed by atoms with Gasteiger partial charge in [-0.15, -0.1) is 0 Å². The van der Waals surface area contributed by atoms with Crippen LogP contribution in [-0.4, -0.2) is 24.1 Å². The predicted molar refractivity (Wildman–Crippen MR) is 105 cm³/mol. The lowest BCUT2D eigenvalue weighted by Gasteiger charge is -2.21. The number of sulfone groups is 1. The number of aryl methyl sites for hydroxylation is 2. The Morgan fingerprint density at radius 1 is 1.11 bits per heavy atom. The fraction of sp³-hybridized carbons (Fsp3) is 0.500. The topological polar surface area (TPSA) is 81.1 Å². The molecule has 2 aliphatic rings. The van der Waals surface area contributed by atoms with E-state index in [2.05, 4.69) is 10.4 Å². The molecule has 0 spiro atoms. The number of benzene rings is 1. The minimum Gasteiger partial charge on any atom is -0.310 e. The molecule has 1 aromatic carbocycles. The number of carbonyl (C=O) groups is 1. The van der Waals surface area contributed by atoms with Gasteiger partial charge in [-0.1, -0.05) is 25.3 Å². The lowest BCUT2D eigenvalue weighted by Crippen LogP contribution is -2.26. The average molecular weight is 388 g/mol. The van der Waals surface area contributed by atoms with Crippen LogP contribution in [0.2, 0.25) is 0 Å². The van der Waals surface area contributed by atoms with Crippen LogP contribution in [0.15, 0.2) is 18.2 Å². The lowest BCUT2D eigenvalue weighted by atomic mass is 9.88. The summed E-state index contributed by atoms with van der Waals surface area (Å²) in [6.45, 7) is 4.07. The molecule has 6 nitrogen and oxygen atoms in total. The molecule has 27 heavy (non-hydrogen) atoms. The Labute approximate surface area is 159 Å². The number of fused-ring (bicyclic) bond motifs is 1. The molecule has 1 amide bonds. The fourth-order valence-electron chi connectivity index (χ4n) is 4.00. The molecule has 7 heteroatoms. The zero-order valence-corrected chi connectivity index (χ0v) is 16.6. The van der Waals surface area contributed by atoms with Gasteiger partial charge in [0.1, 0.15) is 5.82 Å². The Kier molecular flexibility index (Phi) is 4.58. The summed E-state index contributed by atoms with van der Waals surface area (Å²) in [4.78, 5) is 12.8. The van der Waals surface area contributed by atoms with Gasteiger partial charge in [0.25, 0.3) is 0 Å². The zero-order valence-electron chi connectivity index (χ0n) is 15.8. The van der Waals surface area contributed by atoms with E-state index in [0.717, 1.165) is 36.9 Å². The van der Waals surface area contributed by atoms with Crippen LogP contribution in [0.25, 0.3) is 5.69 Å². The number of hydrogen-bond acceptors (Lipinski definition) is 4. The molecule has 0 saturated heterocycles. The van der Waals surface area contributed by atoms with Gasteiger partial charge >= 0.3 is 0 Å². The molecule has 1 aliphatic carbocycles. The first-order valence-corrected chi connectivity index (χ1v) is 11.4. The molecule has 144 valence electrons. The van der Waals surface area contributed by atoms with Gasteiger partial charge in [-0.25, -0.2) is 13.1 Å². The molecule has 1 N–H and O–H groups in total. The summed E-state index contributed by atoms with van der Waals surface area (Å²) in [5, 5.41) is 7.58. The molecule has 1 fully saturated rings. The highest BCUT2D eigenvalue weighted by atomic mass is 32.2. The second-order valence-electron chi connectivity index (χ2n) is 7.81. The largest absolute Gasteiger partial charge is 0.310 e. The minimum absolute atomic E-state index is 0.00415. The number of hydrogen-bond donors (Lipinski definition) is 1. The summed E-state index contributed by atoms with van der Waals surface area (Å²) in [7, 11) is -3.19. The van der Waals surface area contributed by atoms with Crippen LogP contribution in [0.1, 0.15) is 54.5 Å². The Bertz CT molecular complexity index is 1000. The quantitative estimate of drug-likeness (QED) is 0.875. The van der Waals surface area contributed by atoms with E-state index in [1.54, 1.807) is 4.68 Å². The summed E-state index contributed by atoms with van der Waals surface area (Å²) >= 11 is 0. The van der Waals surface area contributed by atoms with Crippen LogP contribution in [0, 0.1) is 19.8 Å². The normalized spacial score (nSPS) is 19.0. The summed E-state index contributed by atoms with van der Waals surface area (Å²) < 4.78 is 25.8. The standard InChI is InChI=1S/C20H25N3O3S/c1-13-8-9-16(10-14(13)2)23-19(17-11-27(25,26)12-18(17)22-23)21-20(24)15-6-4-3-5-7-15/h8-10,15H,3-7,11-12H2,1-2H3,(H,21,24). The summed E-state index contributed by atoms with van der Waals surface area (Å²) in [5.41, 5.74) is 4.32. The number of anilines is 1. The van der Waals surface area contributed by atoms with Crippen LogP contribution in [0.4, 0.5) is 5.82 Å².